The fraction of sp³-hybridized carbons (Fsp3) is 0.240. The SMILES string of the molecule is CC1(C)CC(=O)C2=C(C1)c1c(ccc3ccccc13)N[C@@H]2c1c(Cl)ccc([N+](=O)[O-])c1Cl. The first-order valence-corrected chi connectivity index (χ1v) is 11.1. The van der Waals surface area contributed by atoms with E-state index >= 15 is 0 Å². The fourth-order valence-corrected chi connectivity index (χ4v) is 5.68. The Labute approximate surface area is 195 Å². The molecule has 1 aliphatic carbocycles. The lowest BCUT2D eigenvalue weighted by atomic mass is 9.68. The molecule has 5 nitrogen and oxygen atoms in total. The van der Waals surface area contributed by atoms with Crippen LogP contribution in [0.25, 0.3) is 16.3 Å². The summed E-state index contributed by atoms with van der Waals surface area (Å²) in [7, 11) is 0. The number of carbonyl (C=O) groups excluding carboxylic acids is 1. The van der Waals surface area contributed by atoms with Crippen molar-refractivity contribution in [1.29, 1.82) is 0 Å². The number of benzene rings is 3. The Hall–Kier alpha value is -2.89. The molecular formula is C25H20Cl2N2O3. The number of halogens is 2. The number of ketones is 1. The van der Waals surface area contributed by atoms with Crippen molar-refractivity contribution in [3.05, 3.63) is 85.4 Å². The van der Waals surface area contributed by atoms with Crippen LogP contribution in [0, 0.1) is 15.5 Å². The Kier molecular flexibility index (Phi) is 4.80. The highest BCUT2D eigenvalue weighted by Crippen LogP contribution is 2.54. The molecule has 0 amide bonds. The molecule has 1 atom stereocenters. The molecule has 1 N–H and O–H groups in total. The molecule has 0 unspecified atom stereocenters. The average molecular weight is 467 g/mol. The molecule has 0 saturated heterocycles. The molecule has 32 heavy (non-hydrogen) atoms. The number of carbonyl (C=O) groups is 1. The molecule has 7 heteroatoms. The Morgan fingerprint density at radius 2 is 1.81 bits per heavy atom. The quantitative estimate of drug-likeness (QED) is 0.316. The Balaban J connectivity index is 1.83. The van der Waals surface area contributed by atoms with Gasteiger partial charge in [-0.1, -0.05) is 67.4 Å². The summed E-state index contributed by atoms with van der Waals surface area (Å²) in [6.45, 7) is 4.17. The minimum absolute atomic E-state index is 0.00553. The number of allylic oxidation sites excluding steroid dienone is 1. The minimum Gasteiger partial charge on any atom is -0.373 e. The largest absolute Gasteiger partial charge is 0.373 e. The van der Waals surface area contributed by atoms with Crippen LogP contribution in [0.5, 0.6) is 0 Å². The summed E-state index contributed by atoms with van der Waals surface area (Å²) in [5, 5.41) is 17.3. The zero-order chi connectivity index (χ0) is 22.8. The number of Topliss-reactive ketones (excluding diaryl/α,β-unsaturated/α-hetero) is 1. The van der Waals surface area contributed by atoms with E-state index in [0.29, 0.717) is 24.0 Å². The van der Waals surface area contributed by atoms with Crippen LogP contribution in [0.2, 0.25) is 10.0 Å². The zero-order valence-electron chi connectivity index (χ0n) is 17.5. The predicted molar refractivity (Wildman–Crippen MR) is 128 cm³/mol. The summed E-state index contributed by atoms with van der Waals surface area (Å²) >= 11 is 13.0. The predicted octanol–water partition coefficient (Wildman–Crippen LogP) is 7.36. The molecule has 2 aliphatic rings. The number of fused-ring (bicyclic) bond motifs is 4. The van der Waals surface area contributed by atoms with Crippen LogP contribution in [-0.2, 0) is 4.79 Å². The molecule has 0 radical (unpaired) electrons. The van der Waals surface area contributed by atoms with Gasteiger partial charge in [0.05, 0.1) is 11.0 Å². The lowest BCUT2D eigenvalue weighted by Gasteiger charge is -2.40. The van der Waals surface area contributed by atoms with Gasteiger partial charge in [0.2, 0.25) is 0 Å². The van der Waals surface area contributed by atoms with Gasteiger partial charge in [0.15, 0.2) is 5.78 Å². The molecule has 1 heterocycles. The van der Waals surface area contributed by atoms with Crippen LogP contribution < -0.4 is 5.32 Å². The summed E-state index contributed by atoms with van der Waals surface area (Å²) in [4.78, 5) is 24.5. The first kappa shape index (κ1) is 21.0. The standard InChI is InChI=1S/C25H20Cl2N2O3/c1-25(2)11-15-20-14-6-4-3-5-13(14)7-9-17(20)28-24(21(15)19(30)12-25)22-16(26)8-10-18(23(22)27)29(31)32/h3-10,24,28H,11-12H2,1-2H3/t24-/m0/s1. The molecule has 3 aromatic rings. The number of nitro benzene ring substituents is 1. The molecule has 5 rings (SSSR count). The highest BCUT2D eigenvalue weighted by molar-refractivity contribution is 6.37. The van der Waals surface area contributed by atoms with Gasteiger partial charge in [-0.15, -0.1) is 0 Å². The van der Waals surface area contributed by atoms with Gasteiger partial charge in [-0.2, -0.15) is 0 Å². The van der Waals surface area contributed by atoms with Gasteiger partial charge in [-0.05, 0) is 40.3 Å². The number of anilines is 1. The van der Waals surface area contributed by atoms with Crippen molar-refractivity contribution in [1.82, 2.24) is 0 Å². The van der Waals surface area contributed by atoms with Gasteiger partial charge in [0.1, 0.15) is 5.02 Å². The molecule has 0 aromatic heterocycles. The topological polar surface area (TPSA) is 72.2 Å². The van der Waals surface area contributed by atoms with Crippen molar-refractivity contribution in [2.45, 2.75) is 32.7 Å². The maximum absolute atomic E-state index is 13.5. The van der Waals surface area contributed by atoms with Crippen molar-refractivity contribution in [3.8, 4) is 0 Å². The normalized spacial score (nSPS) is 19.4. The number of nitrogens with zero attached hydrogens (tertiary/aromatic N) is 1. The van der Waals surface area contributed by atoms with E-state index in [2.05, 4.69) is 25.2 Å². The average Bonchev–Trinajstić information content (AvgIpc) is 2.72. The van der Waals surface area contributed by atoms with E-state index < -0.39 is 11.0 Å². The molecule has 1 aliphatic heterocycles. The number of hydrogen-bond acceptors (Lipinski definition) is 4. The van der Waals surface area contributed by atoms with Crippen molar-refractivity contribution in [3.63, 3.8) is 0 Å². The van der Waals surface area contributed by atoms with Crippen LogP contribution in [0.3, 0.4) is 0 Å². The van der Waals surface area contributed by atoms with Gasteiger partial charge in [0, 0.05) is 39.9 Å². The number of hydrogen-bond donors (Lipinski definition) is 1. The van der Waals surface area contributed by atoms with E-state index in [1.165, 1.54) is 12.1 Å². The minimum atomic E-state index is -0.665. The summed E-state index contributed by atoms with van der Waals surface area (Å²) in [6.07, 6.45) is 1.09. The molecular weight excluding hydrogens is 447 g/mol. The van der Waals surface area contributed by atoms with Gasteiger partial charge in [-0.25, -0.2) is 0 Å². The van der Waals surface area contributed by atoms with Crippen LogP contribution in [0.1, 0.15) is 43.9 Å². The number of rotatable bonds is 2. The fourth-order valence-electron chi connectivity index (χ4n) is 5.02. The molecule has 162 valence electrons. The van der Waals surface area contributed by atoms with Gasteiger partial charge in [0.25, 0.3) is 5.69 Å². The lowest BCUT2D eigenvalue weighted by Crippen LogP contribution is -2.33. The highest BCUT2D eigenvalue weighted by atomic mass is 35.5. The Morgan fingerprint density at radius 1 is 1.06 bits per heavy atom. The van der Waals surface area contributed by atoms with E-state index in [1.54, 1.807) is 0 Å². The monoisotopic (exact) mass is 466 g/mol. The maximum atomic E-state index is 13.5. The van der Waals surface area contributed by atoms with Gasteiger partial charge >= 0.3 is 0 Å². The van der Waals surface area contributed by atoms with Crippen molar-refractivity contribution in [2.75, 3.05) is 5.32 Å². The highest BCUT2D eigenvalue weighted by Gasteiger charge is 2.42. The zero-order valence-corrected chi connectivity index (χ0v) is 19.1. The second kappa shape index (κ2) is 7.32. The summed E-state index contributed by atoms with van der Waals surface area (Å²) in [5.41, 5.74) is 3.34. The second-order valence-electron chi connectivity index (χ2n) is 9.17. The van der Waals surface area contributed by atoms with E-state index in [9.17, 15) is 14.9 Å². The Bertz CT molecular complexity index is 1360. The Morgan fingerprint density at radius 3 is 2.56 bits per heavy atom. The first-order valence-electron chi connectivity index (χ1n) is 10.3. The van der Waals surface area contributed by atoms with Crippen molar-refractivity contribution in [2.24, 2.45) is 5.41 Å². The molecule has 0 bridgehead atoms. The third-order valence-corrected chi connectivity index (χ3v) is 7.06. The lowest BCUT2D eigenvalue weighted by molar-refractivity contribution is -0.384. The van der Waals surface area contributed by atoms with E-state index in [0.717, 1.165) is 27.6 Å². The smallest absolute Gasteiger partial charge is 0.288 e. The van der Waals surface area contributed by atoms with Crippen LogP contribution in [-0.4, -0.2) is 10.7 Å². The summed E-state index contributed by atoms with van der Waals surface area (Å²) < 4.78 is 0. The van der Waals surface area contributed by atoms with Gasteiger partial charge in [-0.3, -0.25) is 14.9 Å². The molecule has 0 spiro atoms. The van der Waals surface area contributed by atoms with Crippen LogP contribution in [0.4, 0.5) is 11.4 Å². The second-order valence-corrected chi connectivity index (χ2v) is 9.96. The van der Waals surface area contributed by atoms with Crippen LogP contribution in [0.15, 0.2) is 54.1 Å². The third kappa shape index (κ3) is 3.19. The van der Waals surface area contributed by atoms with Gasteiger partial charge < -0.3 is 5.32 Å². The summed E-state index contributed by atoms with van der Waals surface area (Å²) in [5.74, 6) is 0.00553. The van der Waals surface area contributed by atoms with E-state index in [4.69, 9.17) is 23.2 Å². The van der Waals surface area contributed by atoms with Crippen LogP contribution >= 0.6 is 23.2 Å². The van der Waals surface area contributed by atoms with Crippen molar-refractivity contribution >= 4 is 56.7 Å². The van der Waals surface area contributed by atoms with Crippen molar-refractivity contribution < 1.29 is 9.72 Å². The molecule has 0 saturated carbocycles. The van der Waals surface area contributed by atoms with E-state index in [1.807, 2.05) is 30.3 Å². The molecule has 3 aromatic carbocycles. The summed E-state index contributed by atoms with van der Waals surface area (Å²) in [6, 6.07) is 14.2. The third-order valence-electron chi connectivity index (χ3n) is 6.33. The molecule has 0 fully saturated rings. The number of nitro groups is 1. The first-order chi connectivity index (χ1) is 15.2. The number of nitrogens with one attached hydrogen (secondary N) is 1. The van der Waals surface area contributed by atoms with E-state index in [-0.39, 0.29) is 26.9 Å². The maximum Gasteiger partial charge on any atom is 0.288 e.